The number of hydrogen-bond acceptors (Lipinski definition) is 3. The van der Waals surface area contributed by atoms with Crippen LogP contribution in [0.2, 0.25) is 0 Å². The lowest BCUT2D eigenvalue weighted by atomic mass is 10.0. The molecule has 0 spiro atoms. The average Bonchev–Trinajstić information content (AvgIpc) is 2.30. The fraction of sp³-hybridized carbons (Fsp3) is 0.462. The van der Waals surface area contributed by atoms with Crippen LogP contribution in [0.3, 0.4) is 0 Å². The second-order valence-corrected chi connectivity index (χ2v) is 5.46. The van der Waals surface area contributed by atoms with E-state index in [0.29, 0.717) is 22.7 Å². The molecular formula is C13H17BrClFN2O2. The van der Waals surface area contributed by atoms with Crippen LogP contribution in [0.4, 0.5) is 4.39 Å². The lowest BCUT2D eigenvalue weighted by Gasteiger charge is -2.27. The maximum absolute atomic E-state index is 12.9. The van der Waals surface area contributed by atoms with Crippen molar-refractivity contribution in [3.8, 4) is 5.75 Å². The summed E-state index contributed by atoms with van der Waals surface area (Å²) in [5.41, 5.74) is 0. The Bertz CT molecular complexity index is 472. The van der Waals surface area contributed by atoms with Crippen LogP contribution in [0.1, 0.15) is 6.92 Å². The molecule has 1 saturated heterocycles. The summed E-state index contributed by atoms with van der Waals surface area (Å²) in [6.45, 7) is 4.21. The Morgan fingerprint density at radius 1 is 1.60 bits per heavy atom. The van der Waals surface area contributed by atoms with Gasteiger partial charge in [-0.3, -0.25) is 4.79 Å². The summed E-state index contributed by atoms with van der Waals surface area (Å²) in [5, 5.41) is 5.98. The fourth-order valence-corrected chi connectivity index (χ4v) is 2.14. The lowest BCUT2D eigenvalue weighted by molar-refractivity contribution is -0.127. The first-order chi connectivity index (χ1) is 9.06. The minimum Gasteiger partial charge on any atom is -0.480 e. The summed E-state index contributed by atoms with van der Waals surface area (Å²) >= 11 is 3.20. The Morgan fingerprint density at radius 3 is 2.85 bits per heavy atom. The van der Waals surface area contributed by atoms with Crippen molar-refractivity contribution in [2.24, 2.45) is 5.92 Å². The van der Waals surface area contributed by atoms with Gasteiger partial charge in [0, 0.05) is 25.6 Å². The summed E-state index contributed by atoms with van der Waals surface area (Å²) in [5.74, 6) is 0.444. The molecule has 1 atom stereocenters. The van der Waals surface area contributed by atoms with E-state index >= 15 is 0 Å². The molecule has 4 nitrogen and oxygen atoms in total. The number of hydrogen-bond donors (Lipinski definition) is 2. The molecule has 112 valence electrons. The Kier molecular flexibility index (Phi) is 6.71. The molecule has 0 radical (unpaired) electrons. The Hall–Kier alpha value is -0.850. The van der Waals surface area contributed by atoms with Crippen molar-refractivity contribution >= 4 is 34.2 Å². The van der Waals surface area contributed by atoms with Gasteiger partial charge in [-0.25, -0.2) is 4.39 Å². The molecule has 2 N–H and O–H groups in total. The summed E-state index contributed by atoms with van der Waals surface area (Å²) in [6, 6.07) is 4.10. The molecule has 1 aromatic carbocycles. The van der Waals surface area contributed by atoms with Crippen LogP contribution in [0, 0.1) is 11.7 Å². The van der Waals surface area contributed by atoms with Crippen molar-refractivity contribution in [3.63, 3.8) is 0 Å². The van der Waals surface area contributed by atoms with E-state index in [4.69, 9.17) is 4.74 Å². The molecule has 1 heterocycles. The highest BCUT2D eigenvalue weighted by Crippen LogP contribution is 2.26. The number of benzene rings is 1. The minimum absolute atomic E-state index is 0. The molecule has 7 heteroatoms. The second kappa shape index (κ2) is 7.81. The SMILES string of the molecule is CC(Oc1ccc(F)cc1Br)C(=O)NCC1CNC1.Cl. The van der Waals surface area contributed by atoms with Crippen molar-refractivity contribution in [2.75, 3.05) is 19.6 Å². The highest BCUT2D eigenvalue weighted by atomic mass is 79.9. The van der Waals surface area contributed by atoms with Crippen molar-refractivity contribution in [2.45, 2.75) is 13.0 Å². The molecule has 20 heavy (non-hydrogen) atoms. The molecule has 0 aromatic heterocycles. The first kappa shape index (κ1) is 17.2. The zero-order valence-electron chi connectivity index (χ0n) is 11.0. The molecule has 0 saturated carbocycles. The number of rotatable bonds is 5. The molecule has 1 unspecified atom stereocenters. The van der Waals surface area contributed by atoms with Gasteiger partial charge in [-0.15, -0.1) is 12.4 Å². The molecule has 1 amide bonds. The number of carbonyl (C=O) groups is 1. The fourth-order valence-electron chi connectivity index (χ4n) is 1.70. The van der Waals surface area contributed by atoms with E-state index in [1.807, 2.05) is 0 Å². The van der Waals surface area contributed by atoms with Gasteiger partial charge in [-0.1, -0.05) is 0 Å². The molecular weight excluding hydrogens is 351 g/mol. The van der Waals surface area contributed by atoms with Crippen molar-refractivity contribution < 1.29 is 13.9 Å². The summed E-state index contributed by atoms with van der Waals surface area (Å²) in [7, 11) is 0. The van der Waals surface area contributed by atoms with Gasteiger partial charge in [0.25, 0.3) is 5.91 Å². The molecule has 1 fully saturated rings. The number of ether oxygens (including phenoxy) is 1. The highest BCUT2D eigenvalue weighted by Gasteiger charge is 2.20. The van der Waals surface area contributed by atoms with Crippen LogP contribution in [0.15, 0.2) is 22.7 Å². The first-order valence-electron chi connectivity index (χ1n) is 6.16. The van der Waals surface area contributed by atoms with Crippen LogP contribution >= 0.6 is 28.3 Å². The molecule has 1 aromatic rings. The van der Waals surface area contributed by atoms with Crippen molar-refractivity contribution in [3.05, 3.63) is 28.5 Å². The number of halogens is 3. The monoisotopic (exact) mass is 366 g/mol. The number of amides is 1. The van der Waals surface area contributed by atoms with Gasteiger partial charge in [0.05, 0.1) is 4.47 Å². The summed E-state index contributed by atoms with van der Waals surface area (Å²) < 4.78 is 18.9. The van der Waals surface area contributed by atoms with Crippen LogP contribution < -0.4 is 15.4 Å². The molecule has 2 rings (SSSR count). The van der Waals surface area contributed by atoms with E-state index in [1.165, 1.54) is 18.2 Å². The lowest BCUT2D eigenvalue weighted by Crippen LogP contribution is -2.49. The third-order valence-electron chi connectivity index (χ3n) is 3.00. The zero-order valence-corrected chi connectivity index (χ0v) is 13.4. The smallest absolute Gasteiger partial charge is 0.260 e. The minimum atomic E-state index is -0.616. The van der Waals surface area contributed by atoms with Gasteiger partial charge in [-0.2, -0.15) is 0 Å². The third kappa shape index (κ3) is 4.61. The summed E-state index contributed by atoms with van der Waals surface area (Å²) in [4.78, 5) is 11.8. The van der Waals surface area contributed by atoms with Crippen molar-refractivity contribution in [1.29, 1.82) is 0 Å². The quantitative estimate of drug-likeness (QED) is 0.838. The Balaban J connectivity index is 0.00000200. The molecule has 0 aliphatic carbocycles. The Labute approximate surface area is 132 Å². The molecule has 0 bridgehead atoms. The topological polar surface area (TPSA) is 50.4 Å². The number of nitrogens with one attached hydrogen (secondary N) is 2. The first-order valence-corrected chi connectivity index (χ1v) is 6.95. The van der Waals surface area contributed by atoms with Crippen LogP contribution in [0.25, 0.3) is 0 Å². The van der Waals surface area contributed by atoms with Crippen molar-refractivity contribution in [1.82, 2.24) is 10.6 Å². The molecule has 1 aliphatic rings. The average molecular weight is 368 g/mol. The predicted molar refractivity (Wildman–Crippen MR) is 80.8 cm³/mol. The van der Waals surface area contributed by atoms with Gasteiger partial charge in [0.1, 0.15) is 11.6 Å². The van der Waals surface area contributed by atoms with Gasteiger partial charge >= 0.3 is 0 Å². The standard InChI is InChI=1S/C13H16BrFN2O2.ClH/c1-8(13(18)17-7-9-5-16-6-9)19-12-3-2-10(15)4-11(12)14;/h2-4,8-9,16H,5-7H2,1H3,(H,17,18);1H. The third-order valence-corrected chi connectivity index (χ3v) is 3.62. The number of carbonyl (C=O) groups excluding carboxylic acids is 1. The van der Waals surface area contributed by atoms with E-state index < -0.39 is 6.10 Å². The highest BCUT2D eigenvalue weighted by molar-refractivity contribution is 9.10. The molecule has 1 aliphatic heterocycles. The van der Waals surface area contributed by atoms with Gasteiger partial charge < -0.3 is 15.4 Å². The Morgan fingerprint density at radius 2 is 2.30 bits per heavy atom. The van der Waals surface area contributed by atoms with E-state index in [2.05, 4.69) is 26.6 Å². The summed E-state index contributed by atoms with van der Waals surface area (Å²) in [6.07, 6.45) is -0.616. The van der Waals surface area contributed by atoms with E-state index in [-0.39, 0.29) is 24.1 Å². The second-order valence-electron chi connectivity index (χ2n) is 4.60. The predicted octanol–water partition coefficient (Wildman–Crippen LogP) is 2.11. The van der Waals surface area contributed by atoms with Crippen LogP contribution in [-0.2, 0) is 4.79 Å². The van der Waals surface area contributed by atoms with Gasteiger partial charge in [-0.05, 0) is 41.1 Å². The maximum atomic E-state index is 12.9. The van der Waals surface area contributed by atoms with Gasteiger partial charge in [0.15, 0.2) is 6.10 Å². The van der Waals surface area contributed by atoms with Crippen LogP contribution in [0.5, 0.6) is 5.75 Å². The van der Waals surface area contributed by atoms with E-state index in [0.717, 1.165) is 13.1 Å². The normalized spacial score (nSPS) is 15.8. The van der Waals surface area contributed by atoms with E-state index in [1.54, 1.807) is 6.92 Å². The maximum Gasteiger partial charge on any atom is 0.260 e. The van der Waals surface area contributed by atoms with Gasteiger partial charge in [0.2, 0.25) is 0 Å². The zero-order chi connectivity index (χ0) is 13.8. The van der Waals surface area contributed by atoms with E-state index in [9.17, 15) is 9.18 Å². The largest absolute Gasteiger partial charge is 0.480 e. The van der Waals surface area contributed by atoms with Crippen LogP contribution in [-0.4, -0.2) is 31.6 Å².